The highest BCUT2D eigenvalue weighted by Gasteiger charge is 2.25. The number of benzene rings is 2. The highest BCUT2D eigenvalue weighted by atomic mass is 16.5. The van der Waals surface area contributed by atoms with Crippen LogP contribution in [0, 0.1) is 0 Å². The first-order chi connectivity index (χ1) is 15.4. The SMILES string of the molecule is CC(=O)c1ccccc1NC(=O)COC(=O)[C@H](Cc1ccccc1)NC(=O)c1ccco1. The van der Waals surface area contributed by atoms with Crippen LogP contribution in [0.1, 0.15) is 33.4 Å². The molecule has 1 atom stereocenters. The lowest BCUT2D eigenvalue weighted by Crippen LogP contribution is -2.44. The minimum Gasteiger partial charge on any atom is -0.459 e. The van der Waals surface area contributed by atoms with E-state index in [9.17, 15) is 19.2 Å². The molecule has 2 N–H and O–H groups in total. The Kier molecular flexibility index (Phi) is 7.53. The van der Waals surface area contributed by atoms with Crippen molar-refractivity contribution in [2.45, 2.75) is 19.4 Å². The number of para-hydroxylation sites is 1. The minimum absolute atomic E-state index is 0.0504. The molecule has 32 heavy (non-hydrogen) atoms. The van der Waals surface area contributed by atoms with Crippen molar-refractivity contribution in [3.63, 3.8) is 0 Å². The van der Waals surface area contributed by atoms with Gasteiger partial charge in [0.1, 0.15) is 6.04 Å². The molecule has 0 unspecified atom stereocenters. The minimum atomic E-state index is -1.03. The molecule has 0 aliphatic carbocycles. The van der Waals surface area contributed by atoms with Crippen LogP contribution >= 0.6 is 0 Å². The van der Waals surface area contributed by atoms with Crippen LogP contribution in [0.15, 0.2) is 77.4 Å². The van der Waals surface area contributed by atoms with Gasteiger partial charge in [-0.2, -0.15) is 0 Å². The highest BCUT2D eigenvalue weighted by Crippen LogP contribution is 2.15. The standard InChI is InChI=1S/C24H22N2O6/c1-16(27)18-10-5-6-11-19(18)25-22(28)15-32-24(30)20(14-17-8-3-2-4-9-17)26-23(29)21-12-7-13-31-21/h2-13,20H,14-15H2,1H3,(H,25,28)(H,26,29)/t20-/m0/s1. The van der Waals surface area contributed by atoms with Crippen molar-refractivity contribution in [1.29, 1.82) is 0 Å². The third-order valence-electron chi connectivity index (χ3n) is 4.54. The van der Waals surface area contributed by atoms with Crippen molar-refractivity contribution < 1.29 is 28.3 Å². The van der Waals surface area contributed by atoms with Gasteiger partial charge in [-0.15, -0.1) is 0 Å². The van der Waals surface area contributed by atoms with E-state index in [4.69, 9.17) is 9.15 Å². The molecule has 1 aromatic heterocycles. The second-order valence-electron chi connectivity index (χ2n) is 6.95. The lowest BCUT2D eigenvalue weighted by Gasteiger charge is -2.17. The Morgan fingerprint density at radius 1 is 0.938 bits per heavy atom. The topological polar surface area (TPSA) is 115 Å². The number of carbonyl (C=O) groups is 4. The molecule has 0 saturated carbocycles. The number of ether oxygens (including phenoxy) is 1. The molecule has 8 nitrogen and oxygen atoms in total. The zero-order valence-corrected chi connectivity index (χ0v) is 17.4. The van der Waals surface area contributed by atoms with E-state index in [2.05, 4.69) is 10.6 Å². The fourth-order valence-electron chi connectivity index (χ4n) is 3.00. The van der Waals surface area contributed by atoms with E-state index >= 15 is 0 Å². The third kappa shape index (κ3) is 6.15. The number of esters is 1. The van der Waals surface area contributed by atoms with Gasteiger partial charge in [-0.3, -0.25) is 14.4 Å². The van der Waals surface area contributed by atoms with Crippen LogP contribution in [0.3, 0.4) is 0 Å². The van der Waals surface area contributed by atoms with Gasteiger partial charge in [-0.25, -0.2) is 4.79 Å². The number of ketones is 1. The van der Waals surface area contributed by atoms with Crippen LogP contribution < -0.4 is 10.6 Å². The summed E-state index contributed by atoms with van der Waals surface area (Å²) in [4.78, 5) is 49.0. The smallest absolute Gasteiger partial charge is 0.329 e. The summed E-state index contributed by atoms with van der Waals surface area (Å²) >= 11 is 0. The Balaban J connectivity index is 1.64. The van der Waals surface area contributed by atoms with Gasteiger partial charge in [0.25, 0.3) is 11.8 Å². The van der Waals surface area contributed by atoms with Gasteiger partial charge in [0.2, 0.25) is 0 Å². The van der Waals surface area contributed by atoms with Crippen LogP contribution in [0.2, 0.25) is 0 Å². The number of nitrogens with one attached hydrogen (secondary N) is 2. The molecule has 0 bridgehead atoms. The van der Waals surface area contributed by atoms with E-state index in [-0.39, 0.29) is 18.0 Å². The molecule has 0 aliphatic rings. The normalized spacial score (nSPS) is 11.3. The fourth-order valence-corrected chi connectivity index (χ4v) is 3.00. The zero-order chi connectivity index (χ0) is 22.9. The van der Waals surface area contributed by atoms with Crippen LogP contribution in [-0.2, 0) is 20.7 Å². The third-order valence-corrected chi connectivity index (χ3v) is 4.54. The lowest BCUT2D eigenvalue weighted by atomic mass is 10.1. The number of carbonyl (C=O) groups excluding carboxylic acids is 4. The average Bonchev–Trinajstić information content (AvgIpc) is 3.33. The van der Waals surface area contributed by atoms with E-state index in [1.165, 1.54) is 19.3 Å². The van der Waals surface area contributed by atoms with Crippen molar-refractivity contribution in [2.24, 2.45) is 0 Å². The molecule has 0 aliphatic heterocycles. The number of hydrogen-bond donors (Lipinski definition) is 2. The Labute approximate surface area is 184 Å². The van der Waals surface area contributed by atoms with Crippen LogP contribution in [0.5, 0.6) is 0 Å². The van der Waals surface area contributed by atoms with Gasteiger partial charge in [0.15, 0.2) is 18.2 Å². The molecule has 0 radical (unpaired) electrons. The molecule has 3 rings (SSSR count). The van der Waals surface area contributed by atoms with Crippen molar-refractivity contribution >= 4 is 29.3 Å². The van der Waals surface area contributed by atoms with Gasteiger partial charge in [0, 0.05) is 12.0 Å². The Morgan fingerprint density at radius 2 is 1.66 bits per heavy atom. The zero-order valence-electron chi connectivity index (χ0n) is 17.4. The van der Waals surface area contributed by atoms with E-state index in [0.717, 1.165) is 5.56 Å². The molecule has 8 heteroatoms. The summed E-state index contributed by atoms with van der Waals surface area (Å²) in [5, 5.41) is 5.14. The second-order valence-corrected chi connectivity index (χ2v) is 6.95. The summed E-state index contributed by atoms with van der Waals surface area (Å²) < 4.78 is 10.2. The first kappa shape index (κ1) is 22.5. The predicted molar refractivity (Wildman–Crippen MR) is 116 cm³/mol. The van der Waals surface area contributed by atoms with Gasteiger partial charge < -0.3 is 19.8 Å². The lowest BCUT2D eigenvalue weighted by molar-refractivity contribution is -0.149. The van der Waals surface area contributed by atoms with E-state index in [1.807, 2.05) is 30.3 Å². The molecule has 3 aromatic rings. The maximum absolute atomic E-state index is 12.7. The second kappa shape index (κ2) is 10.7. The largest absolute Gasteiger partial charge is 0.459 e. The summed E-state index contributed by atoms with van der Waals surface area (Å²) in [5.41, 5.74) is 1.47. The summed E-state index contributed by atoms with van der Waals surface area (Å²) in [7, 11) is 0. The van der Waals surface area contributed by atoms with E-state index in [1.54, 1.807) is 30.3 Å². The van der Waals surface area contributed by atoms with Gasteiger partial charge in [-0.1, -0.05) is 42.5 Å². The molecular formula is C24H22N2O6. The maximum atomic E-state index is 12.7. The molecule has 2 aromatic carbocycles. The summed E-state index contributed by atoms with van der Waals surface area (Å²) in [6.45, 7) is 0.813. The number of anilines is 1. The van der Waals surface area contributed by atoms with E-state index < -0.39 is 30.4 Å². The molecule has 0 saturated heterocycles. The van der Waals surface area contributed by atoms with Gasteiger partial charge in [0.05, 0.1) is 12.0 Å². The predicted octanol–water partition coefficient (Wildman–Crippen LogP) is 3.01. The van der Waals surface area contributed by atoms with Crippen molar-refractivity contribution in [1.82, 2.24) is 5.32 Å². The Hall–Kier alpha value is -4.20. The molecule has 164 valence electrons. The molecule has 0 spiro atoms. The number of furan rings is 1. The Morgan fingerprint density at radius 3 is 2.34 bits per heavy atom. The number of amides is 2. The Bertz CT molecular complexity index is 1090. The maximum Gasteiger partial charge on any atom is 0.329 e. The molecule has 0 fully saturated rings. The monoisotopic (exact) mass is 434 g/mol. The molecule has 1 heterocycles. The quantitative estimate of drug-likeness (QED) is 0.395. The number of rotatable bonds is 9. The first-order valence-electron chi connectivity index (χ1n) is 9.89. The summed E-state index contributed by atoms with van der Waals surface area (Å²) in [5.74, 6) is -2.12. The van der Waals surface area contributed by atoms with Gasteiger partial charge in [-0.05, 0) is 36.8 Å². The molecular weight excluding hydrogens is 412 g/mol. The molecule has 2 amide bonds. The summed E-state index contributed by atoms with van der Waals surface area (Å²) in [6, 6.07) is 17.6. The fraction of sp³-hybridized carbons (Fsp3) is 0.167. The highest BCUT2D eigenvalue weighted by molar-refractivity contribution is 6.04. The van der Waals surface area contributed by atoms with E-state index in [0.29, 0.717) is 11.3 Å². The van der Waals surface area contributed by atoms with Crippen LogP contribution in [0.4, 0.5) is 5.69 Å². The summed E-state index contributed by atoms with van der Waals surface area (Å²) in [6.07, 6.45) is 1.52. The van der Waals surface area contributed by atoms with Gasteiger partial charge >= 0.3 is 5.97 Å². The average molecular weight is 434 g/mol. The van der Waals surface area contributed by atoms with Crippen LogP contribution in [-0.4, -0.2) is 36.2 Å². The van der Waals surface area contributed by atoms with Crippen molar-refractivity contribution in [3.8, 4) is 0 Å². The van der Waals surface area contributed by atoms with Crippen LogP contribution in [0.25, 0.3) is 0 Å². The van der Waals surface area contributed by atoms with Crippen molar-refractivity contribution in [3.05, 3.63) is 89.9 Å². The number of Topliss-reactive ketones (excluding diaryl/α,β-unsaturated/α-hetero) is 1. The number of hydrogen-bond acceptors (Lipinski definition) is 6. The first-order valence-corrected chi connectivity index (χ1v) is 9.89. The van der Waals surface area contributed by atoms with Crippen molar-refractivity contribution in [2.75, 3.05) is 11.9 Å².